The molecule has 0 fully saturated rings. The smallest absolute Gasteiger partial charge is 0.246 e. The lowest BCUT2D eigenvalue weighted by Crippen LogP contribution is -2.29. The molecule has 110 valence electrons. The highest BCUT2D eigenvalue weighted by atomic mass is 16.5. The molecule has 0 aliphatic heterocycles. The van der Waals surface area contributed by atoms with E-state index < -0.39 is 0 Å². The first kappa shape index (κ1) is 14.9. The van der Waals surface area contributed by atoms with Gasteiger partial charge in [0.1, 0.15) is 11.7 Å². The fourth-order valence-corrected chi connectivity index (χ4v) is 2.05. The lowest BCUT2D eigenvalue weighted by molar-refractivity contribution is -0.121. The fourth-order valence-electron chi connectivity index (χ4n) is 2.05. The van der Waals surface area contributed by atoms with Crippen LogP contribution < -0.4 is 16.0 Å². The van der Waals surface area contributed by atoms with Crippen molar-refractivity contribution in [1.29, 1.82) is 5.26 Å². The number of nitrogens with one attached hydrogen (secondary N) is 1. The van der Waals surface area contributed by atoms with Crippen LogP contribution in [0.4, 0.5) is 0 Å². The first-order valence-corrected chi connectivity index (χ1v) is 6.80. The number of ether oxygens (including phenoxy) is 1. The van der Waals surface area contributed by atoms with Gasteiger partial charge in [0.05, 0.1) is 12.0 Å². The summed E-state index contributed by atoms with van der Waals surface area (Å²) in [6, 6.07) is 9.38. The van der Waals surface area contributed by atoms with Crippen molar-refractivity contribution in [3.05, 3.63) is 30.0 Å². The summed E-state index contributed by atoms with van der Waals surface area (Å²) in [6.07, 6.45) is 2.81. The number of amides is 1. The Morgan fingerprint density at radius 1 is 1.33 bits per heavy atom. The van der Waals surface area contributed by atoms with Crippen molar-refractivity contribution in [1.82, 2.24) is 5.43 Å². The van der Waals surface area contributed by atoms with Crippen molar-refractivity contribution < 1.29 is 13.9 Å². The number of nitrogens with two attached hydrogens (primary N) is 1. The van der Waals surface area contributed by atoms with Crippen molar-refractivity contribution >= 4 is 16.9 Å². The molecule has 0 atom stereocenters. The highest BCUT2D eigenvalue weighted by molar-refractivity contribution is 5.86. The predicted molar refractivity (Wildman–Crippen MR) is 77.2 cm³/mol. The van der Waals surface area contributed by atoms with E-state index in [1.165, 1.54) is 0 Å². The summed E-state index contributed by atoms with van der Waals surface area (Å²) >= 11 is 0. The van der Waals surface area contributed by atoms with Gasteiger partial charge in [0.15, 0.2) is 5.75 Å². The van der Waals surface area contributed by atoms with Crippen LogP contribution in [-0.4, -0.2) is 12.5 Å². The molecular formula is C15H17N3O3. The molecule has 1 amide bonds. The molecule has 0 spiro atoms. The second-order valence-electron chi connectivity index (χ2n) is 4.59. The van der Waals surface area contributed by atoms with Crippen LogP contribution in [-0.2, 0) is 4.79 Å². The third-order valence-corrected chi connectivity index (χ3v) is 3.11. The fraction of sp³-hybridized carbons (Fsp3) is 0.333. The van der Waals surface area contributed by atoms with Crippen molar-refractivity contribution in [3.63, 3.8) is 0 Å². The molecule has 0 unspecified atom stereocenters. The maximum atomic E-state index is 10.9. The number of rotatable bonds is 7. The van der Waals surface area contributed by atoms with Gasteiger partial charge >= 0.3 is 0 Å². The van der Waals surface area contributed by atoms with Crippen LogP contribution in [0.2, 0.25) is 0 Å². The number of hydrazine groups is 1. The molecule has 0 radical (unpaired) electrons. The standard InChI is InChI=1S/C15H17N3O3/c16-10-13-15(11-6-3-4-7-12(11)21-13)20-9-5-1-2-8-14(19)18-17/h3-4,6-7H,1-2,5,8-9,17H2,(H,18,19). The van der Waals surface area contributed by atoms with E-state index in [0.717, 1.165) is 24.6 Å². The zero-order valence-corrected chi connectivity index (χ0v) is 11.6. The number of carbonyl (C=O) groups is 1. The number of para-hydroxylation sites is 1. The number of nitriles is 1. The van der Waals surface area contributed by atoms with Gasteiger partial charge in [-0.2, -0.15) is 5.26 Å². The van der Waals surface area contributed by atoms with Gasteiger partial charge in [-0.25, -0.2) is 5.84 Å². The molecular weight excluding hydrogens is 270 g/mol. The van der Waals surface area contributed by atoms with Crippen LogP contribution in [0.3, 0.4) is 0 Å². The summed E-state index contributed by atoms with van der Waals surface area (Å²) in [5.41, 5.74) is 2.74. The van der Waals surface area contributed by atoms with Gasteiger partial charge in [-0.05, 0) is 31.4 Å². The van der Waals surface area contributed by atoms with Gasteiger partial charge < -0.3 is 9.15 Å². The Bertz CT molecular complexity index is 658. The summed E-state index contributed by atoms with van der Waals surface area (Å²) in [5.74, 6) is 5.52. The average Bonchev–Trinajstić information content (AvgIpc) is 2.88. The number of hydrogen-bond acceptors (Lipinski definition) is 5. The quantitative estimate of drug-likeness (QED) is 0.352. The molecule has 6 nitrogen and oxygen atoms in total. The molecule has 6 heteroatoms. The molecule has 0 saturated carbocycles. The number of hydrogen-bond donors (Lipinski definition) is 2. The number of fused-ring (bicyclic) bond motifs is 1. The second kappa shape index (κ2) is 7.31. The predicted octanol–water partition coefficient (Wildman–Crippen LogP) is 2.23. The number of furan rings is 1. The molecule has 21 heavy (non-hydrogen) atoms. The topological polar surface area (TPSA) is 101 Å². The molecule has 2 aromatic rings. The Balaban J connectivity index is 1.86. The van der Waals surface area contributed by atoms with E-state index in [1.54, 1.807) is 6.07 Å². The first-order valence-electron chi connectivity index (χ1n) is 6.80. The minimum atomic E-state index is -0.163. The van der Waals surface area contributed by atoms with E-state index in [2.05, 4.69) is 5.43 Å². The maximum absolute atomic E-state index is 10.9. The molecule has 3 N–H and O–H groups in total. The van der Waals surface area contributed by atoms with Crippen LogP contribution in [0.1, 0.15) is 31.4 Å². The third kappa shape index (κ3) is 3.74. The van der Waals surface area contributed by atoms with Crippen molar-refractivity contribution in [2.24, 2.45) is 5.84 Å². The highest BCUT2D eigenvalue weighted by Crippen LogP contribution is 2.32. The number of carbonyl (C=O) groups excluding carboxylic acids is 1. The Labute approximate surface area is 122 Å². The molecule has 1 aromatic carbocycles. The van der Waals surface area contributed by atoms with Crippen LogP contribution >= 0.6 is 0 Å². The minimum absolute atomic E-state index is 0.163. The van der Waals surface area contributed by atoms with E-state index >= 15 is 0 Å². The minimum Gasteiger partial charge on any atom is -0.488 e. The summed E-state index contributed by atoms with van der Waals surface area (Å²) < 4.78 is 11.1. The molecule has 0 aliphatic carbocycles. The van der Waals surface area contributed by atoms with Crippen LogP contribution in [0.5, 0.6) is 5.75 Å². The molecule has 2 rings (SSSR count). The van der Waals surface area contributed by atoms with Gasteiger partial charge in [0, 0.05) is 6.42 Å². The summed E-state index contributed by atoms with van der Waals surface area (Å²) in [7, 11) is 0. The number of nitrogens with zero attached hydrogens (tertiary/aromatic N) is 1. The molecule has 0 saturated heterocycles. The van der Waals surface area contributed by atoms with Crippen LogP contribution in [0.25, 0.3) is 11.0 Å². The maximum Gasteiger partial charge on any atom is 0.246 e. The Morgan fingerprint density at radius 2 is 2.14 bits per heavy atom. The first-order chi connectivity index (χ1) is 10.3. The highest BCUT2D eigenvalue weighted by Gasteiger charge is 2.14. The van der Waals surface area contributed by atoms with Crippen LogP contribution in [0, 0.1) is 11.3 Å². The summed E-state index contributed by atoms with van der Waals surface area (Å²) in [4.78, 5) is 10.9. The zero-order valence-electron chi connectivity index (χ0n) is 11.6. The summed E-state index contributed by atoms with van der Waals surface area (Å²) in [6.45, 7) is 0.475. The van der Waals surface area contributed by atoms with E-state index in [0.29, 0.717) is 24.4 Å². The van der Waals surface area contributed by atoms with Crippen LogP contribution in [0.15, 0.2) is 28.7 Å². The second-order valence-corrected chi connectivity index (χ2v) is 4.59. The number of benzene rings is 1. The number of unbranched alkanes of at least 4 members (excludes halogenated alkanes) is 2. The van der Waals surface area contributed by atoms with E-state index in [4.69, 9.17) is 20.3 Å². The van der Waals surface area contributed by atoms with Crippen molar-refractivity contribution in [3.8, 4) is 11.8 Å². The average molecular weight is 287 g/mol. The molecule has 0 bridgehead atoms. The lowest BCUT2D eigenvalue weighted by Gasteiger charge is -2.04. The van der Waals surface area contributed by atoms with Gasteiger partial charge in [-0.1, -0.05) is 12.1 Å². The molecule has 1 heterocycles. The van der Waals surface area contributed by atoms with E-state index in [-0.39, 0.29) is 11.7 Å². The zero-order chi connectivity index (χ0) is 15.1. The Hall–Kier alpha value is -2.52. The van der Waals surface area contributed by atoms with Gasteiger partial charge in [0.2, 0.25) is 11.7 Å². The van der Waals surface area contributed by atoms with E-state index in [9.17, 15) is 4.79 Å². The Morgan fingerprint density at radius 3 is 2.90 bits per heavy atom. The van der Waals surface area contributed by atoms with Crippen molar-refractivity contribution in [2.75, 3.05) is 6.61 Å². The lowest BCUT2D eigenvalue weighted by atomic mass is 10.2. The van der Waals surface area contributed by atoms with Gasteiger partial charge in [-0.3, -0.25) is 10.2 Å². The van der Waals surface area contributed by atoms with Crippen molar-refractivity contribution in [2.45, 2.75) is 25.7 Å². The molecule has 1 aromatic heterocycles. The summed E-state index contributed by atoms with van der Waals surface area (Å²) in [5, 5.41) is 9.87. The Kier molecular flexibility index (Phi) is 5.18. The molecule has 0 aliphatic rings. The van der Waals surface area contributed by atoms with Gasteiger partial charge in [-0.15, -0.1) is 0 Å². The van der Waals surface area contributed by atoms with Gasteiger partial charge in [0.25, 0.3) is 0 Å². The normalized spacial score (nSPS) is 10.3. The monoisotopic (exact) mass is 287 g/mol. The largest absolute Gasteiger partial charge is 0.488 e. The van der Waals surface area contributed by atoms with E-state index in [1.807, 2.05) is 24.3 Å². The SMILES string of the molecule is N#Cc1oc2ccccc2c1OCCCCCC(=O)NN. The third-order valence-electron chi connectivity index (χ3n) is 3.11.